The maximum Gasteiger partial charge on any atom is 0.229 e. The van der Waals surface area contributed by atoms with E-state index in [1.54, 1.807) is 0 Å². The van der Waals surface area contributed by atoms with Crippen LogP contribution in [0, 0.1) is 6.92 Å². The monoisotopic (exact) mass is 314 g/mol. The topological polar surface area (TPSA) is 17.1 Å². The van der Waals surface area contributed by atoms with Crippen molar-refractivity contribution in [1.82, 2.24) is 0 Å². The summed E-state index contributed by atoms with van der Waals surface area (Å²) < 4.78 is 0. The lowest BCUT2D eigenvalue weighted by Gasteiger charge is -2.20. The number of carbonyl (C=O) groups excluding carboxylic acids is 1. The van der Waals surface area contributed by atoms with Gasteiger partial charge in [-0.05, 0) is 47.1 Å². The maximum atomic E-state index is 11.9. The van der Waals surface area contributed by atoms with Gasteiger partial charge in [0.2, 0.25) is 5.24 Å². The van der Waals surface area contributed by atoms with Crippen molar-refractivity contribution in [3.63, 3.8) is 0 Å². The third-order valence-corrected chi connectivity index (χ3v) is 4.24. The second-order valence-electron chi connectivity index (χ2n) is 6.92. The van der Waals surface area contributed by atoms with Crippen LogP contribution in [-0.2, 0) is 16.6 Å². The van der Waals surface area contributed by atoms with Crippen LogP contribution in [0.4, 0.5) is 0 Å². The number of hydrogen-bond acceptors (Lipinski definition) is 1. The summed E-state index contributed by atoms with van der Waals surface area (Å²) >= 11 is 5.85. The van der Waals surface area contributed by atoms with E-state index < -0.39 is 0 Å². The highest BCUT2D eigenvalue weighted by Crippen LogP contribution is 2.27. The first-order valence-corrected chi connectivity index (χ1v) is 8.00. The molecule has 0 amide bonds. The van der Waals surface area contributed by atoms with Crippen LogP contribution in [0.25, 0.3) is 0 Å². The molecule has 0 saturated carbocycles. The molecule has 1 atom stereocenters. The zero-order valence-corrected chi connectivity index (χ0v) is 14.4. The Bertz CT molecular complexity index is 650. The molecule has 0 spiro atoms. The van der Waals surface area contributed by atoms with Crippen LogP contribution in [0.5, 0.6) is 0 Å². The Hall–Kier alpha value is -1.60. The van der Waals surface area contributed by atoms with Crippen LogP contribution in [0.15, 0.2) is 48.5 Å². The van der Waals surface area contributed by atoms with Gasteiger partial charge in [0.05, 0.1) is 5.92 Å². The van der Waals surface area contributed by atoms with Crippen LogP contribution in [0.3, 0.4) is 0 Å². The minimum Gasteiger partial charge on any atom is -0.281 e. The first kappa shape index (κ1) is 16.8. The van der Waals surface area contributed by atoms with Gasteiger partial charge in [0.25, 0.3) is 0 Å². The second-order valence-corrected chi connectivity index (χ2v) is 7.29. The SMILES string of the molecule is Cc1cccc(C(Cc2ccc(C(C)(C)C)cc2)C(=O)Cl)c1. The minimum absolute atomic E-state index is 0.136. The fourth-order valence-corrected chi connectivity index (χ4v) is 2.80. The van der Waals surface area contributed by atoms with Gasteiger partial charge in [-0.15, -0.1) is 0 Å². The summed E-state index contributed by atoms with van der Waals surface area (Å²) in [6.45, 7) is 8.61. The Kier molecular flexibility index (Phi) is 5.08. The molecule has 2 aromatic carbocycles. The number of aryl methyl sites for hydroxylation is 1. The highest BCUT2D eigenvalue weighted by molar-refractivity contribution is 6.64. The lowest BCUT2D eigenvalue weighted by molar-refractivity contribution is -0.113. The van der Waals surface area contributed by atoms with Gasteiger partial charge in [0.1, 0.15) is 0 Å². The summed E-state index contributed by atoms with van der Waals surface area (Å²) in [5.74, 6) is -0.290. The third kappa shape index (κ3) is 4.20. The molecular formula is C20H23ClO. The fourth-order valence-electron chi connectivity index (χ4n) is 2.59. The lowest BCUT2D eigenvalue weighted by atomic mass is 9.85. The van der Waals surface area contributed by atoms with Gasteiger partial charge >= 0.3 is 0 Å². The van der Waals surface area contributed by atoms with Crippen molar-refractivity contribution in [2.24, 2.45) is 0 Å². The summed E-state index contributed by atoms with van der Waals surface area (Å²) in [5.41, 5.74) is 4.69. The largest absolute Gasteiger partial charge is 0.281 e. The first-order chi connectivity index (χ1) is 10.3. The Morgan fingerprint density at radius 3 is 2.23 bits per heavy atom. The highest BCUT2D eigenvalue weighted by Gasteiger charge is 2.20. The maximum absolute atomic E-state index is 11.9. The zero-order valence-electron chi connectivity index (χ0n) is 13.7. The third-order valence-electron chi connectivity index (χ3n) is 3.98. The summed E-state index contributed by atoms with van der Waals surface area (Å²) in [4.78, 5) is 11.9. The number of halogens is 1. The molecule has 0 radical (unpaired) electrons. The van der Waals surface area contributed by atoms with Gasteiger partial charge in [-0.3, -0.25) is 4.79 Å². The molecule has 2 heteroatoms. The van der Waals surface area contributed by atoms with Crippen LogP contribution in [-0.4, -0.2) is 5.24 Å². The Labute approximate surface area is 138 Å². The van der Waals surface area contributed by atoms with Gasteiger partial charge in [-0.1, -0.05) is 74.9 Å². The first-order valence-electron chi connectivity index (χ1n) is 7.62. The number of rotatable bonds is 4. The average Bonchev–Trinajstić information content (AvgIpc) is 2.44. The minimum atomic E-state index is -0.300. The van der Waals surface area contributed by atoms with Gasteiger partial charge in [0, 0.05) is 0 Å². The smallest absolute Gasteiger partial charge is 0.229 e. The van der Waals surface area contributed by atoms with Crippen molar-refractivity contribution >= 4 is 16.8 Å². The zero-order chi connectivity index (χ0) is 16.3. The van der Waals surface area contributed by atoms with E-state index in [9.17, 15) is 4.79 Å². The van der Waals surface area contributed by atoms with Crippen LogP contribution >= 0.6 is 11.6 Å². The molecule has 0 aromatic heterocycles. The van der Waals surface area contributed by atoms with Gasteiger partial charge < -0.3 is 0 Å². The predicted octanol–water partition coefficient (Wildman–Crippen LogP) is 5.38. The molecule has 2 aromatic rings. The standard InChI is InChI=1S/C20H23ClO/c1-14-6-5-7-16(12-14)18(19(21)22)13-15-8-10-17(11-9-15)20(2,3)4/h5-12,18H,13H2,1-4H3. The molecule has 1 unspecified atom stereocenters. The van der Waals surface area contributed by atoms with Crippen LogP contribution in [0.1, 0.15) is 48.9 Å². The summed E-state index contributed by atoms with van der Waals surface area (Å²) in [5, 5.41) is -0.300. The van der Waals surface area contributed by atoms with Gasteiger partial charge in [0.15, 0.2) is 0 Å². The fraction of sp³-hybridized carbons (Fsp3) is 0.350. The van der Waals surface area contributed by atoms with E-state index in [0.717, 1.165) is 16.7 Å². The summed E-state index contributed by atoms with van der Waals surface area (Å²) in [6.07, 6.45) is 0.635. The lowest BCUT2D eigenvalue weighted by Crippen LogP contribution is -2.12. The molecule has 1 nitrogen and oxygen atoms in total. The second kappa shape index (κ2) is 6.66. The molecular weight excluding hydrogens is 292 g/mol. The quantitative estimate of drug-likeness (QED) is 0.692. The normalized spacial score (nSPS) is 13.0. The average molecular weight is 315 g/mol. The summed E-state index contributed by atoms with van der Waals surface area (Å²) in [7, 11) is 0. The molecule has 2 rings (SSSR count). The van der Waals surface area contributed by atoms with Gasteiger partial charge in [-0.2, -0.15) is 0 Å². The Balaban J connectivity index is 2.24. The van der Waals surface area contributed by atoms with Crippen molar-refractivity contribution in [3.05, 3.63) is 70.8 Å². The molecule has 116 valence electrons. The van der Waals surface area contributed by atoms with E-state index in [1.807, 2.05) is 31.2 Å². The van der Waals surface area contributed by atoms with Crippen LogP contribution < -0.4 is 0 Å². The molecule has 22 heavy (non-hydrogen) atoms. The number of benzene rings is 2. The van der Waals surface area contributed by atoms with E-state index in [-0.39, 0.29) is 16.6 Å². The van der Waals surface area contributed by atoms with E-state index in [2.05, 4.69) is 45.0 Å². The van der Waals surface area contributed by atoms with Gasteiger partial charge in [-0.25, -0.2) is 0 Å². The van der Waals surface area contributed by atoms with Crippen molar-refractivity contribution in [1.29, 1.82) is 0 Å². The summed E-state index contributed by atoms with van der Waals surface area (Å²) in [6, 6.07) is 16.5. The molecule has 0 aliphatic heterocycles. The molecule has 0 N–H and O–H groups in total. The van der Waals surface area contributed by atoms with E-state index in [0.29, 0.717) is 6.42 Å². The highest BCUT2D eigenvalue weighted by atomic mass is 35.5. The molecule has 0 aliphatic carbocycles. The number of hydrogen-bond donors (Lipinski definition) is 0. The van der Waals surface area contributed by atoms with E-state index in [1.165, 1.54) is 5.56 Å². The number of carbonyl (C=O) groups is 1. The molecule has 0 fully saturated rings. The Morgan fingerprint density at radius 2 is 1.73 bits per heavy atom. The van der Waals surface area contributed by atoms with E-state index in [4.69, 9.17) is 11.6 Å². The Morgan fingerprint density at radius 1 is 1.09 bits per heavy atom. The van der Waals surface area contributed by atoms with Crippen molar-refractivity contribution in [2.75, 3.05) is 0 Å². The van der Waals surface area contributed by atoms with Crippen molar-refractivity contribution < 1.29 is 4.79 Å². The van der Waals surface area contributed by atoms with E-state index >= 15 is 0 Å². The molecule has 0 aliphatic rings. The predicted molar refractivity (Wildman–Crippen MR) is 93.6 cm³/mol. The van der Waals surface area contributed by atoms with Crippen molar-refractivity contribution in [2.45, 2.75) is 45.4 Å². The molecule has 0 saturated heterocycles. The van der Waals surface area contributed by atoms with Crippen LogP contribution in [0.2, 0.25) is 0 Å². The molecule has 0 heterocycles. The van der Waals surface area contributed by atoms with Crippen molar-refractivity contribution in [3.8, 4) is 0 Å². The molecule has 0 bridgehead atoms.